The van der Waals surface area contributed by atoms with Crippen molar-refractivity contribution in [3.05, 3.63) is 70.5 Å². The Balaban J connectivity index is 1.55. The summed E-state index contributed by atoms with van der Waals surface area (Å²) in [6.45, 7) is 9.39. The maximum Gasteiger partial charge on any atom is 0.410 e. The molecule has 1 aliphatic heterocycles. The van der Waals surface area contributed by atoms with Crippen LogP contribution in [0.1, 0.15) is 57.2 Å². The van der Waals surface area contributed by atoms with Crippen LogP contribution in [0.2, 0.25) is 0 Å². The van der Waals surface area contributed by atoms with Crippen LogP contribution in [0.5, 0.6) is 0 Å². The zero-order valence-electron chi connectivity index (χ0n) is 22.7. The molecule has 1 saturated heterocycles. The molecule has 4 rings (SSSR count). The van der Waals surface area contributed by atoms with Gasteiger partial charge in [0.05, 0.1) is 6.42 Å². The van der Waals surface area contributed by atoms with E-state index in [0.717, 1.165) is 38.3 Å². The predicted octanol–water partition coefficient (Wildman–Crippen LogP) is 5.75. The molecule has 0 spiro atoms. The molecule has 2 aromatic carbocycles. The van der Waals surface area contributed by atoms with Crippen molar-refractivity contribution in [1.82, 2.24) is 9.80 Å². The first kappa shape index (κ1) is 27.8. The minimum Gasteiger partial charge on any atom is -0.444 e. The number of halogens is 1. The van der Waals surface area contributed by atoms with Gasteiger partial charge in [-0.1, -0.05) is 18.2 Å². The molecule has 0 bridgehead atoms. The molecule has 1 aliphatic carbocycles. The van der Waals surface area contributed by atoms with E-state index in [9.17, 15) is 18.2 Å². The van der Waals surface area contributed by atoms with E-state index in [4.69, 9.17) is 4.74 Å². The van der Waals surface area contributed by atoms with Crippen molar-refractivity contribution < 1.29 is 22.9 Å². The monoisotopic (exact) mass is 538 g/mol. The van der Waals surface area contributed by atoms with Gasteiger partial charge in [-0.15, -0.1) is 0 Å². The molecule has 2 aromatic rings. The number of rotatable bonds is 4. The van der Waals surface area contributed by atoms with Gasteiger partial charge in [0.2, 0.25) is 5.91 Å². The molecule has 1 fully saturated rings. The topological polar surface area (TPSA) is 66.9 Å². The molecule has 2 aliphatic rings. The predicted molar refractivity (Wildman–Crippen MR) is 149 cm³/mol. The zero-order valence-corrected chi connectivity index (χ0v) is 23.5. The van der Waals surface area contributed by atoms with Gasteiger partial charge in [-0.3, -0.25) is 9.00 Å². The highest BCUT2D eigenvalue weighted by molar-refractivity contribution is 7.84. The normalized spacial score (nSPS) is 17.9. The minimum atomic E-state index is -1.06. The Labute approximate surface area is 226 Å². The summed E-state index contributed by atoms with van der Waals surface area (Å²) in [6.07, 6.45) is 4.12. The Morgan fingerprint density at radius 2 is 1.66 bits per heavy atom. The lowest BCUT2D eigenvalue weighted by Gasteiger charge is -2.26. The number of carbonyl (C=O) groups excluding carboxylic acids is 2. The number of allylic oxidation sites excluding steroid dienone is 2. The van der Waals surface area contributed by atoms with Crippen molar-refractivity contribution in [2.24, 2.45) is 0 Å². The van der Waals surface area contributed by atoms with E-state index in [0.29, 0.717) is 32.6 Å². The van der Waals surface area contributed by atoms with Gasteiger partial charge in [0, 0.05) is 48.1 Å². The third-order valence-corrected chi connectivity index (χ3v) is 7.74. The Bertz CT molecular complexity index is 1320. The minimum absolute atomic E-state index is 0.0448. The highest BCUT2D eigenvalue weighted by Gasteiger charge is 2.29. The first-order valence-corrected chi connectivity index (χ1v) is 14.4. The van der Waals surface area contributed by atoms with Crippen LogP contribution in [0.4, 0.5) is 9.18 Å². The van der Waals surface area contributed by atoms with Gasteiger partial charge in [0.25, 0.3) is 0 Å². The van der Waals surface area contributed by atoms with Gasteiger partial charge < -0.3 is 14.5 Å². The molecule has 202 valence electrons. The number of carbonyl (C=O) groups is 2. The molecule has 8 heteroatoms. The summed E-state index contributed by atoms with van der Waals surface area (Å²) in [5.74, 6) is -0.392. The Hall–Kier alpha value is -3.26. The third-order valence-electron chi connectivity index (χ3n) is 6.80. The van der Waals surface area contributed by atoms with E-state index in [1.165, 1.54) is 12.1 Å². The molecule has 1 unspecified atom stereocenters. The second-order valence-electron chi connectivity index (χ2n) is 10.8. The molecule has 0 N–H and O–H groups in total. The number of fused-ring (bicyclic) bond motifs is 1. The highest BCUT2D eigenvalue weighted by Crippen LogP contribution is 2.44. The van der Waals surface area contributed by atoms with E-state index in [1.54, 1.807) is 22.1 Å². The van der Waals surface area contributed by atoms with Gasteiger partial charge in [-0.25, -0.2) is 9.18 Å². The fraction of sp³-hybridized carbons (Fsp3) is 0.400. The van der Waals surface area contributed by atoms with Gasteiger partial charge >= 0.3 is 6.09 Å². The van der Waals surface area contributed by atoms with E-state index in [-0.39, 0.29) is 24.2 Å². The average molecular weight is 539 g/mol. The molecule has 0 radical (unpaired) electrons. The van der Waals surface area contributed by atoms with Crippen molar-refractivity contribution in [3.8, 4) is 0 Å². The summed E-state index contributed by atoms with van der Waals surface area (Å²) >= 11 is 0. The summed E-state index contributed by atoms with van der Waals surface area (Å²) in [5.41, 5.74) is 4.69. The molecular formula is C30H35FN2O4S. The molecule has 0 aromatic heterocycles. The molecule has 38 heavy (non-hydrogen) atoms. The maximum atomic E-state index is 14.3. The number of hydrogen-bond donors (Lipinski definition) is 0. The molecule has 2 amide bonds. The first-order chi connectivity index (χ1) is 17.9. The number of hydrogen-bond acceptors (Lipinski definition) is 4. The molecule has 1 atom stereocenters. The molecular weight excluding hydrogens is 503 g/mol. The number of amides is 2. The Morgan fingerprint density at radius 3 is 2.32 bits per heavy atom. The van der Waals surface area contributed by atoms with Crippen LogP contribution in [-0.4, -0.2) is 64.0 Å². The smallest absolute Gasteiger partial charge is 0.410 e. The lowest BCUT2D eigenvalue weighted by atomic mass is 10.0. The quantitative estimate of drug-likeness (QED) is 0.497. The van der Waals surface area contributed by atoms with E-state index in [1.807, 2.05) is 58.0 Å². The third kappa shape index (κ3) is 6.41. The van der Waals surface area contributed by atoms with Crippen LogP contribution in [0, 0.1) is 5.82 Å². The van der Waals surface area contributed by atoms with Crippen LogP contribution in [0.25, 0.3) is 17.2 Å². The second-order valence-corrected chi connectivity index (χ2v) is 12.1. The van der Waals surface area contributed by atoms with Crippen LogP contribution >= 0.6 is 0 Å². The molecule has 6 nitrogen and oxygen atoms in total. The SMILES string of the molecule is CC1=C(CC(=O)N2CCCN(C(=O)OC(C)(C)C)CC2)c2cc(F)ccc2C1=Cc1ccc(S(C)=O)cc1. The van der Waals surface area contributed by atoms with Crippen LogP contribution < -0.4 is 0 Å². The van der Waals surface area contributed by atoms with Crippen molar-refractivity contribution in [3.63, 3.8) is 0 Å². The standard InChI is InChI=1S/C30H35FN2O4S/c1-20-25(17-21-7-10-23(11-8-21)38(5)36)24-12-9-22(31)18-27(24)26(20)19-28(34)32-13-6-14-33(16-15-32)29(35)37-30(2,3)4/h7-12,17-18H,6,13-16,19H2,1-5H3. The highest BCUT2D eigenvalue weighted by atomic mass is 32.2. The molecule has 0 saturated carbocycles. The number of benzene rings is 2. The van der Waals surface area contributed by atoms with E-state index < -0.39 is 16.4 Å². The summed E-state index contributed by atoms with van der Waals surface area (Å²) in [4.78, 5) is 30.1. The van der Waals surface area contributed by atoms with E-state index >= 15 is 0 Å². The lowest BCUT2D eigenvalue weighted by Crippen LogP contribution is -2.40. The van der Waals surface area contributed by atoms with Crippen LogP contribution in [0.3, 0.4) is 0 Å². The van der Waals surface area contributed by atoms with Crippen LogP contribution in [-0.2, 0) is 20.3 Å². The largest absolute Gasteiger partial charge is 0.444 e. The lowest BCUT2D eigenvalue weighted by molar-refractivity contribution is -0.129. The summed E-state index contributed by atoms with van der Waals surface area (Å²) in [6, 6.07) is 12.2. The van der Waals surface area contributed by atoms with Crippen molar-refractivity contribution in [1.29, 1.82) is 0 Å². The van der Waals surface area contributed by atoms with E-state index in [2.05, 4.69) is 0 Å². The summed E-state index contributed by atoms with van der Waals surface area (Å²) in [7, 11) is -1.06. The first-order valence-electron chi connectivity index (χ1n) is 12.8. The molecule has 1 heterocycles. The number of ether oxygens (including phenoxy) is 1. The Kier molecular flexibility index (Phi) is 8.21. The fourth-order valence-corrected chi connectivity index (χ4v) is 5.36. The number of nitrogens with zero attached hydrogens (tertiary/aromatic N) is 2. The van der Waals surface area contributed by atoms with Gasteiger partial charge in [0.15, 0.2) is 0 Å². The maximum absolute atomic E-state index is 14.3. The van der Waals surface area contributed by atoms with Crippen molar-refractivity contribution in [2.75, 3.05) is 32.4 Å². The van der Waals surface area contributed by atoms with Gasteiger partial charge in [0.1, 0.15) is 11.4 Å². The van der Waals surface area contributed by atoms with Gasteiger partial charge in [-0.05, 0) is 97.9 Å². The average Bonchev–Trinajstić information content (AvgIpc) is 3.00. The second kappa shape index (κ2) is 11.2. The zero-order chi connectivity index (χ0) is 27.6. The Morgan fingerprint density at radius 1 is 1.00 bits per heavy atom. The van der Waals surface area contributed by atoms with Gasteiger partial charge in [-0.2, -0.15) is 0 Å². The fourth-order valence-electron chi connectivity index (χ4n) is 4.84. The van der Waals surface area contributed by atoms with Crippen LogP contribution in [0.15, 0.2) is 52.9 Å². The van der Waals surface area contributed by atoms with Crippen molar-refractivity contribution >= 4 is 40.0 Å². The summed E-state index contributed by atoms with van der Waals surface area (Å²) in [5, 5.41) is 0. The summed E-state index contributed by atoms with van der Waals surface area (Å²) < 4.78 is 31.5. The van der Waals surface area contributed by atoms with Crippen molar-refractivity contribution in [2.45, 2.75) is 51.0 Å².